The van der Waals surface area contributed by atoms with Gasteiger partial charge in [-0.1, -0.05) is 45.7 Å². The van der Waals surface area contributed by atoms with E-state index in [1.807, 2.05) is 6.92 Å². The summed E-state index contributed by atoms with van der Waals surface area (Å²) in [5, 5.41) is 0. The van der Waals surface area contributed by atoms with E-state index in [9.17, 15) is 18.0 Å². The number of hydrogen-bond donors (Lipinski definition) is 0. The van der Waals surface area contributed by atoms with Crippen LogP contribution in [0, 0.1) is 11.8 Å². The normalized spacial score (nSPS) is 13.2. The Morgan fingerprint density at radius 3 is 2.17 bits per heavy atom. The Morgan fingerprint density at radius 1 is 1.04 bits per heavy atom. The summed E-state index contributed by atoms with van der Waals surface area (Å²) in [7, 11) is 0. The highest BCUT2D eigenvalue weighted by atomic mass is 19.4. The Hall–Kier alpha value is -1.52. The van der Waals surface area contributed by atoms with Gasteiger partial charge in [-0.2, -0.15) is 13.2 Å². The number of para-hydroxylation sites is 1. The first-order valence-electron chi connectivity index (χ1n) is 8.21. The van der Waals surface area contributed by atoms with E-state index in [1.165, 1.54) is 18.2 Å². The zero-order chi connectivity index (χ0) is 17.5. The Bertz CT molecular complexity index is 493. The minimum absolute atomic E-state index is 0.364. The zero-order valence-electron chi connectivity index (χ0n) is 14.0. The summed E-state index contributed by atoms with van der Waals surface area (Å²) in [5.41, 5.74) is -0.914. The van der Waals surface area contributed by atoms with Gasteiger partial charge < -0.3 is 4.74 Å². The second-order valence-corrected chi connectivity index (χ2v) is 5.78. The van der Waals surface area contributed by atoms with Crippen LogP contribution in [0.25, 0.3) is 0 Å². The molecule has 0 N–H and O–H groups in total. The third-order valence-corrected chi connectivity index (χ3v) is 4.31. The molecule has 1 aromatic rings. The molecule has 0 aliphatic rings. The maximum atomic E-state index is 12.9. The molecule has 5 heteroatoms. The molecule has 1 aromatic carbocycles. The van der Waals surface area contributed by atoms with Crippen LogP contribution in [0.4, 0.5) is 13.2 Å². The summed E-state index contributed by atoms with van der Waals surface area (Å²) in [4.78, 5) is 12.2. The Labute approximate surface area is 136 Å². The van der Waals surface area contributed by atoms with Crippen molar-refractivity contribution in [3.05, 3.63) is 29.8 Å². The molecule has 1 rings (SSSR count). The fourth-order valence-electron chi connectivity index (χ4n) is 2.60. The molecule has 0 radical (unpaired) electrons. The lowest BCUT2D eigenvalue weighted by Gasteiger charge is -2.19. The molecule has 23 heavy (non-hydrogen) atoms. The summed E-state index contributed by atoms with van der Waals surface area (Å²) >= 11 is 0. The SMILES string of the molecule is CCC(CC)CCC(CC)C(=O)Oc1ccccc1C(F)(F)F. The van der Waals surface area contributed by atoms with Crippen molar-refractivity contribution >= 4 is 5.97 Å². The lowest BCUT2D eigenvalue weighted by molar-refractivity contribution is -0.144. The molecule has 0 amide bonds. The van der Waals surface area contributed by atoms with E-state index in [-0.39, 0.29) is 5.92 Å². The van der Waals surface area contributed by atoms with Gasteiger partial charge in [0.1, 0.15) is 5.75 Å². The van der Waals surface area contributed by atoms with E-state index in [1.54, 1.807) is 0 Å². The van der Waals surface area contributed by atoms with Crippen molar-refractivity contribution in [3.8, 4) is 5.75 Å². The van der Waals surface area contributed by atoms with Gasteiger partial charge in [0.2, 0.25) is 0 Å². The van der Waals surface area contributed by atoms with Crippen LogP contribution >= 0.6 is 0 Å². The number of benzene rings is 1. The zero-order valence-corrected chi connectivity index (χ0v) is 14.0. The van der Waals surface area contributed by atoms with Crippen LogP contribution in [0.15, 0.2) is 24.3 Å². The molecule has 2 nitrogen and oxygen atoms in total. The second-order valence-electron chi connectivity index (χ2n) is 5.78. The summed E-state index contributed by atoms with van der Waals surface area (Å²) in [6, 6.07) is 4.83. The number of ether oxygens (including phenoxy) is 1. The molecular weight excluding hydrogens is 305 g/mol. The topological polar surface area (TPSA) is 26.3 Å². The molecule has 0 fully saturated rings. The van der Waals surface area contributed by atoms with Gasteiger partial charge in [0.25, 0.3) is 0 Å². The van der Waals surface area contributed by atoms with Crippen molar-refractivity contribution in [1.82, 2.24) is 0 Å². The molecule has 0 bridgehead atoms. The quantitative estimate of drug-likeness (QED) is 0.441. The smallest absolute Gasteiger partial charge is 0.419 e. The van der Waals surface area contributed by atoms with Crippen LogP contribution in [-0.2, 0) is 11.0 Å². The first kappa shape index (κ1) is 19.5. The Morgan fingerprint density at radius 2 is 1.65 bits per heavy atom. The summed E-state index contributed by atoms with van der Waals surface area (Å²) in [6.45, 7) is 6.06. The van der Waals surface area contributed by atoms with Gasteiger partial charge in [0.05, 0.1) is 11.5 Å². The fraction of sp³-hybridized carbons (Fsp3) is 0.611. The van der Waals surface area contributed by atoms with Crippen molar-refractivity contribution in [2.45, 2.75) is 59.1 Å². The summed E-state index contributed by atoms with van der Waals surface area (Å²) in [6.07, 6.45) is -0.351. The van der Waals surface area contributed by atoms with Gasteiger partial charge in [-0.05, 0) is 37.3 Å². The summed E-state index contributed by atoms with van der Waals surface area (Å²) < 4.78 is 43.9. The maximum Gasteiger partial charge on any atom is 0.419 e. The molecule has 1 unspecified atom stereocenters. The average molecular weight is 330 g/mol. The fourth-order valence-corrected chi connectivity index (χ4v) is 2.60. The second kappa shape index (κ2) is 8.94. The van der Waals surface area contributed by atoms with Gasteiger partial charge in [-0.15, -0.1) is 0 Å². The minimum Gasteiger partial charge on any atom is -0.426 e. The van der Waals surface area contributed by atoms with E-state index in [0.29, 0.717) is 18.8 Å². The lowest BCUT2D eigenvalue weighted by Crippen LogP contribution is -2.22. The largest absolute Gasteiger partial charge is 0.426 e. The molecule has 0 saturated carbocycles. The lowest BCUT2D eigenvalue weighted by atomic mass is 9.91. The standard InChI is InChI=1S/C18H25F3O2/c1-4-13(5-2)11-12-14(6-3)17(22)23-16-10-8-7-9-15(16)18(19,20)21/h7-10,13-14H,4-6,11-12H2,1-3H3. The van der Waals surface area contributed by atoms with Crippen LogP contribution in [0.5, 0.6) is 5.75 Å². The first-order valence-corrected chi connectivity index (χ1v) is 8.21. The molecule has 0 heterocycles. The number of rotatable bonds is 8. The molecule has 0 aliphatic heterocycles. The van der Waals surface area contributed by atoms with Crippen LogP contribution in [-0.4, -0.2) is 5.97 Å². The molecular formula is C18H25F3O2. The van der Waals surface area contributed by atoms with Crippen LogP contribution in [0.1, 0.15) is 58.4 Å². The number of hydrogen-bond acceptors (Lipinski definition) is 2. The highest BCUT2D eigenvalue weighted by Crippen LogP contribution is 2.36. The summed E-state index contributed by atoms with van der Waals surface area (Å²) in [5.74, 6) is -0.808. The highest BCUT2D eigenvalue weighted by Gasteiger charge is 2.35. The van der Waals surface area contributed by atoms with E-state index < -0.39 is 23.5 Å². The molecule has 0 saturated heterocycles. The van der Waals surface area contributed by atoms with Gasteiger partial charge in [-0.3, -0.25) is 4.79 Å². The predicted octanol–water partition coefficient (Wildman–Crippen LogP) is 5.85. The first-order chi connectivity index (χ1) is 10.8. The molecule has 0 spiro atoms. The highest BCUT2D eigenvalue weighted by molar-refractivity contribution is 5.75. The van der Waals surface area contributed by atoms with Crippen molar-refractivity contribution < 1.29 is 22.7 Å². The molecule has 1 atom stereocenters. The van der Waals surface area contributed by atoms with Crippen molar-refractivity contribution in [3.63, 3.8) is 0 Å². The minimum atomic E-state index is -4.53. The molecule has 0 aliphatic carbocycles. The van der Waals surface area contributed by atoms with Crippen molar-refractivity contribution in [2.24, 2.45) is 11.8 Å². The molecule has 130 valence electrons. The number of alkyl halides is 3. The Kier molecular flexibility index (Phi) is 7.59. The third-order valence-electron chi connectivity index (χ3n) is 4.31. The predicted molar refractivity (Wildman–Crippen MR) is 84.2 cm³/mol. The van der Waals surface area contributed by atoms with Crippen molar-refractivity contribution in [2.75, 3.05) is 0 Å². The van der Waals surface area contributed by atoms with E-state index in [2.05, 4.69) is 13.8 Å². The maximum absolute atomic E-state index is 12.9. The van der Waals surface area contributed by atoms with E-state index >= 15 is 0 Å². The molecule has 0 aromatic heterocycles. The Balaban J connectivity index is 2.77. The van der Waals surface area contributed by atoms with Gasteiger partial charge in [0, 0.05) is 0 Å². The monoisotopic (exact) mass is 330 g/mol. The van der Waals surface area contributed by atoms with E-state index in [4.69, 9.17) is 4.74 Å². The van der Waals surface area contributed by atoms with E-state index in [0.717, 1.165) is 25.3 Å². The van der Waals surface area contributed by atoms with Gasteiger partial charge in [-0.25, -0.2) is 0 Å². The van der Waals surface area contributed by atoms with Gasteiger partial charge in [0.15, 0.2) is 0 Å². The van der Waals surface area contributed by atoms with Crippen molar-refractivity contribution in [1.29, 1.82) is 0 Å². The third kappa shape index (κ3) is 5.88. The number of carbonyl (C=O) groups excluding carboxylic acids is 1. The van der Waals surface area contributed by atoms with Gasteiger partial charge >= 0.3 is 12.1 Å². The van der Waals surface area contributed by atoms with Crippen LogP contribution in [0.2, 0.25) is 0 Å². The van der Waals surface area contributed by atoms with Crippen LogP contribution < -0.4 is 4.74 Å². The number of halogens is 3. The average Bonchev–Trinajstić information content (AvgIpc) is 2.51. The number of carbonyl (C=O) groups is 1. The number of esters is 1. The van der Waals surface area contributed by atoms with Crippen LogP contribution in [0.3, 0.4) is 0 Å².